The highest BCUT2D eigenvalue weighted by Gasteiger charge is 2.17. The second-order valence-electron chi connectivity index (χ2n) is 3.32. The summed E-state index contributed by atoms with van der Waals surface area (Å²) in [6, 6.07) is 3.22. The standard InChI is InChI=1S/C10H13ClFNO2S2/c1-16-6-2-5-13-17(14,15)10-4-3-8(12)7-9(10)11/h3-4,7,13H,2,5-6H2,1H3. The molecular formula is C10H13ClFNO2S2. The Balaban J connectivity index is 2.76. The van der Waals surface area contributed by atoms with Gasteiger partial charge in [-0.3, -0.25) is 0 Å². The van der Waals surface area contributed by atoms with E-state index in [1.165, 1.54) is 0 Å². The predicted octanol–water partition coefficient (Wildman–Crippen LogP) is 2.51. The maximum absolute atomic E-state index is 12.8. The summed E-state index contributed by atoms with van der Waals surface area (Å²) in [6.07, 6.45) is 2.69. The summed E-state index contributed by atoms with van der Waals surface area (Å²) in [5, 5.41) is -0.109. The van der Waals surface area contributed by atoms with Gasteiger partial charge in [-0.1, -0.05) is 11.6 Å². The van der Waals surface area contributed by atoms with Crippen LogP contribution in [0.15, 0.2) is 23.1 Å². The Morgan fingerprint density at radius 2 is 2.18 bits per heavy atom. The van der Waals surface area contributed by atoms with Gasteiger partial charge < -0.3 is 0 Å². The molecule has 1 aromatic carbocycles. The molecule has 0 atom stereocenters. The number of halogens is 2. The first-order valence-corrected chi connectivity index (χ1v) is 8.16. The van der Waals surface area contributed by atoms with Crippen molar-refractivity contribution >= 4 is 33.4 Å². The van der Waals surface area contributed by atoms with E-state index in [4.69, 9.17) is 11.6 Å². The second-order valence-corrected chi connectivity index (χ2v) is 6.45. The first-order valence-electron chi connectivity index (χ1n) is 4.91. The summed E-state index contributed by atoms with van der Waals surface area (Å²) < 4.78 is 38.8. The Labute approximate surface area is 110 Å². The van der Waals surface area contributed by atoms with Crippen LogP contribution < -0.4 is 4.72 Å². The van der Waals surface area contributed by atoms with Crippen molar-refractivity contribution in [3.8, 4) is 0 Å². The van der Waals surface area contributed by atoms with Crippen LogP contribution in [0.2, 0.25) is 5.02 Å². The smallest absolute Gasteiger partial charge is 0.211 e. The molecule has 0 heterocycles. The van der Waals surface area contributed by atoms with Crippen molar-refractivity contribution in [1.82, 2.24) is 4.72 Å². The Kier molecular flexibility index (Phi) is 5.72. The van der Waals surface area contributed by atoms with Crippen LogP contribution in [0, 0.1) is 5.82 Å². The van der Waals surface area contributed by atoms with Gasteiger partial charge in [0, 0.05) is 6.54 Å². The minimum atomic E-state index is -3.65. The highest BCUT2D eigenvalue weighted by atomic mass is 35.5. The number of nitrogens with one attached hydrogen (secondary N) is 1. The van der Waals surface area contributed by atoms with E-state index in [1.54, 1.807) is 11.8 Å². The molecule has 0 saturated carbocycles. The molecule has 0 bridgehead atoms. The zero-order chi connectivity index (χ0) is 12.9. The minimum Gasteiger partial charge on any atom is -0.211 e. The van der Waals surface area contributed by atoms with Gasteiger partial charge >= 0.3 is 0 Å². The van der Waals surface area contributed by atoms with Crippen LogP contribution in [0.5, 0.6) is 0 Å². The van der Waals surface area contributed by atoms with Crippen molar-refractivity contribution in [2.24, 2.45) is 0 Å². The van der Waals surface area contributed by atoms with Gasteiger partial charge in [0.25, 0.3) is 0 Å². The van der Waals surface area contributed by atoms with E-state index in [-0.39, 0.29) is 9.92 Å². The maximum Gasteiger partial charge on any atom is 0.242 e. The lowest BCUT2D eigenvalue weighted by molar-refractivity contribution is 0.580. The van der Waals surface area contributed by atoms with Crippen molar-refractivity contribution in [3.05, 3.63) is 29.0 Å². The Bertz CT molecular complexity index is 479. The second kappa shape index (κ2) is 6.58. The molecule has 0 amide bonds. The zero-order valence-electron chi connectivity index (χ0n) is 9.24. The fourth-order valence-electron chi connectivity index (χ4n) is 1.19. The quantitative estimate of drug-likeness (QED) is 0.821. The number of rotatable bonds is 6. The van der Waals surface area contributed by atoms with Crippen LogP contribution in [-0.2, 0) is 10.0 Å². The van der Waals surface area contributed by atoms with E-state index in [9.17, 15) is 12.8 Å². The topological polar surface area (TPSA) is 46.2 Å². The van der Waals surface area contributed by atoms with Gasteiger partial charge in [0.15, 0.2) is 0 Å². The van der Waals surface area contributed by atoms with Crippen LogP contribution in [0.25, 0.3) is 0 Å². The SMILES string of the molecule is CSCCCNS(=O)(=O)c1ccc(F)cc1Cl. The Hall–Kier alpha value is -0.300. The molecule has 17 heavy (non-hydrogen) atoms. The monoisotopic (exact) mass is 297 g/mol. The molecule has 0 aliphatic rings. The van der Waals surface area contributed by atoms with Crippen LogP contribution in [0.4, 0.5) is 4.39 Å². The van der Waals surface area contributed by atoms with Gasteiger partial charge in [-0.25, -0.2) is 17.5 Å². The number of hydrogen-bond acceptors (Lipinski definition) is 3. The van der Waals surface area contributed by atoms with Crippen LogP contribution in [0.3, 0.4) is 0 Å². The summed E-state index contributed by atoms with van der Waals surface area (Å²) in [5.41, 5.74) is 0. The van der Waals surface area contributed by atoms with E-state index in [1.807, 2.05) is 6.26 Å². The first kappa shape index (κ1) is 14.8. The molecule has 1 rings (SSSR count). The normalized spacial score (nSPS) is 11.7. The van der Waals surface area contributed by atoms with Crippen LogP contribution >= 0.6 is 23.4 Å². The third-order valence-electron chi connectivity index (χ3n) is 2.00. The number of benzene rings is 1. The van der Waals surface area contributed by atoms with Crippen molar-refractivity contribution in [3.63, 3.8) is 0 Å². The van der Waals surface area contributed by atoms with E-state index < -0.39 is 15.8 Å². The van der Waals surface area contributed by atoms with Gasteiger partial charge in [0.1, 0.15) is 10.7 Å². The molecule has 1 N–H and O–H groups in total. The summed E-state index contributed by atoms with van der Waals surface area (Å²) >= 11 is 7.33. The zero-order valence-corrected chi connectivity index (χ0v) is 11.6. The molecule has 7 heteroatoms. The highest BCUT2D eigenvalue weighted by Crippen LogP contribution is 2.21. The van der Waals surface area contributed by atoms with Crippen molar-refractivity contribution in [2.75, 3.05) is 18.6 Å². The van der Waals surface area contributed by atoms with Crippen LogP contribution in [-0.4, -0.2) is 27.0 Å². The van der Waals surface area contributed by atoms with Gasteiger partial charge in [0.2, 0.25) is 10.0 Å². The number of hydrogen-bond donors (Lipinski definition) is 1. The summed E-state index contributed by atoms with van der Waals surface area (Å²) in [6.45, 7) is 0.344. The van der Waals surface area contributed by atoms with E-state index in [2.05, 4.69) is 4.72 Å². The molecular weight excluding hydrogens is 285 g/mol. The lowest BCUT2D eigenvalue weighted by Crippen LogP contribution is -2.25. The molecule has 0 unspecified atom stereocenters. The van der Waals surface area contributed by atoms with Gasteiger partial charge in [-0.05, 0) is 36.6 Å². The summed E-state index contributed by atoms with van der Waals surface area (Å²) in [4.78, 5) is -0.0929. The average Bonchev–Trinajstić information content (AvgIpc) is 2.24. The number of thioether (sulfide) groups is 1. The Morgan fingerprint density at radius 1 is 1.47 bits per heavy atom. The molecule has 0 fully saturated rings. The predicted molar refractivity (Wildman–Crippen MR) is 69.6 cm³/mol. The summed E-state index contributed by atoms with van der Waals surface area (Å²) in [5.74, 6) is 0.316. The van der Waals surface area contributed by atoms with E-state index in [0.717, 1.165) is 30.4 Å². The minimum absolute atomic E-state index is 0.0929. The molecule has 3 nitrogen and oxygen atoms in total. The third-order valence-corrected chi connectivity index (χ3v) is 4.64. The lowest BCUT2D eigenvalue weighted by atomic mass is 10.3. The molecule has 96 valence electrons. The summed E-state index contributed by atoms with van der Waals surface area (Å²) in [7, 11) is -3.65. The van der Waals surface area contributed by atoms with E-state index in [0.29, 0.717) is 6.54 Å². The van der Waals surface area contributed by atoms with Crippen molar-refractivity contribution < 1.29 is 12.8 Å². The van der Waals surface area contributed by atoms with Crippen LogP contribution in [0.1, 0.15) is 6.42 Å². The molecule has 0 aromatic heterocycles. The third kappa shape index (κ3) is 4.46. The average molecular weight is 298 g/mol. The van der Waals surface area contributed by atoms with Gasteiger partial charge in [-0.2, -0.15) is 11.8 Å². The molecule has 1 aromatic rings. The van der Waals surface area contributed by atoms with Crippen molar-refractivity contribution in [2.45, 2.75) is 11.3 Å². The van der Waals surface area contributed by atoms with Gasteiger partial charge in [0.05, 0.1) is 5.02 Å². The largest absolute Gasteiger partial charge is 0.242 e. The molecule has 0 radical (unpaired) electrons. The van der Waals surface area contributed by atoms with E-state index >= 15 is 0 Å². The first-order chi connectivity index (χ1) is 7.97. The lowest BCUT2D eigenvalue weighted by Gasteiger charge is -2.07. The number of sulfonamides is 1. The highest BCUT2D eigenvalue weighted by molar-refractivity contribution is 7.98. The maximum atomic E-state index is 12.8. The fraction of sp³-hybridized carbons (Fsp3) is 0.400. The Morgan fingerprint density at radius 3 is 2.76 bits per heavy atom. The molecule has 0 aliphatic heterocycles. The molecule has 0 aliphatic carbocycles. The van der Waals surface area contributed by atoms with Crippen molar-refractivity contribution in [1.29, 1.82) is 0 Å². The molecule has 0 spiro atoms. The fourth-order valence-corrected chi connectivity index (χ4v) is 3.23. The molecule has 0 saturated heterocycles. The van der Waals surface area contributed by atoms with Gasteiger partial charge in [-0.15, -0.1) is 0 Å².